The molecule has 1 amide bonds. The zero-order valence-electron chi connectivity index (χ0n) is 14.8. The maximum absolute atomic E-state index is 12.1. The molecular weight excluding hydrogens is 346 g/mol. The second kappa shape index (κ2) is 8.67. The maximum Gasteiger partial charge on any atom is 0.239 e. The summed E-state index contributed by atoms with van der Waals surface area (Å²) < 4.78 is 5.12. The molecule has 6 heteroatoms. The van der Waals surface area contributed by atoms with Crippen molar-refractivity contribution in [2.75, 3.05) is 7.11 Å². The molecule has 0 unspecified atom stereocenters. The van der Waals surface area contributed by atoms with Crippen LogP contribution in [0, 0.1) is 0 Å². The van der Waals surface area contributed by atoms with E-state index in [9.17, 15) is 4.79 Å². The first-order chi connectivity index (χ1) is 12.7. The summed E-state index contributed by atoms with van der Waals surface area (Å²) in [6.07, 6.45) is 3.35. The molecule has 1 heterocycles. The van der Waals surface area contributed by atoms with Crippen molar-refractivity contribution in [2.45, 2.75) is 25.0 Å². The molecule has 2 aromatic rings. The number of nitrogens with one attached hydrogen (secondary N) is 1. The predicted molar refractivity (Wildman–Crippen MR) is 107 cm³/mol. The van der Waals surface area contributed by atoms with Gasteiger partial charge in [-0.25, -0.2) is 0 Å². The van der Waals surface area contributed by atoms with Crippen molar-refractivity contribution in [1.29, 1.82) is 0 Å². The average Bonchev–Trinajstić information content (AvgIpc) is 3.02. The van der Waals surface area contributed by atoms with Gasteiger partial charge in [-0.15, -0.1) is 5.10 Å². The van der Waals surface area contributed by atoms with Crippen LogP contribution < -0.4 is 10.1 Å². The van der Waals surface area contributed by atoms with E-state index in [4.69, 9.17) is 4.74 Å². The van der Waals surface area contributed by atoms with E-state index in [1.54, 1.807) is 13.3 Å². The molecule has 134 valence electrons. The second-order valence-electron chi connectivity index (χ2n) is 5.89. The zero-order valence-corrected chi connectivity index (χ0v) is 15.6. The van der Waals surface area contributed by atoms with Gasteiger partial charge in [0.15, 0.2) is 5.17 Å². The molecule has 3 rings (SSSR count). The molecule has 1 saturated heterocycles. The van der Waals surface area contributed by atoms with Crippen LogP contribution in [0.25, 0.3) is 0 Å². The monoisotopic (exact) mass is 367 g/mol. The molecule has 1 atom stereocenters. The Labute approximate surface area is 157 Å². The fourth-order valence-corrected chi connectivity index (χ4v) is 3.51. The van der Waals surface area contributed by atoms with Crippen LogP contribution in [-0.2, 0) is 17.6 Å². The van der Waals surface area contributed by atoms with E-state index in [0.717, 1.165) is 23.3 Å². The Hall–Kier alpha value is -2.60. The molecule has 0 spiro atoms. The van der Waals surface area contributed by atoms with E-state index in [1.807, 2.05) is 24.3 Å². The number of amides is 1. The van der Waals surface area contributed by atoms with Gasteiger partial charge in [-0.2, -0.15) is 5.10 Å². The maximum atomic E-state index is 12.1. The number of carbonyl (C=O) groups excluding carboxylic acids is 1. The van der Waals surface area contributed by atoms with Crippen molar-refractivity contribution >= 4 is 29.1 Å². The molecule has 0 saturated carbocycles. The summed E-state index contributed by atoms with van der Waals surface area (Å²) in [7, 11) is 1.63. The molecule has 1 aliphatic heterocycles. The summed E-state index contributed by atoms with van der Waals surface area (Å²) in [4.78, 5) is 12.1. The molecular formula is C20H21N3O2S. The van der Waals surface area contributed by atoms with E-state index >= 15 is 0 Å². The Balaban J connectivity index is 1.58. The van der Waals surface area contributed by atoms with Crippen molar-refractivity contribution in [3.63, 3.8) is 0 Å². The molecule has 26 heavy (non-hydrogen) atoms. The smallest absolute Gasteiger partial charge is 0.239 e. The minimum Gasteiger partial charge on any atom is -0.497 e. The molecule has 1 fully saturated rings. The number of amidine groups is 1. The summed E-state index contributed by atoms with van der Waals surface area (Å²) >= 11 is 1.42. The Kier molecular flexibility index (Phi) is 6.07. The van der Waals surface area contributed by atoms with E-state index < -0.39 is 0 Å². The van der Waals surface area contributed by atoms with Gasteiger partial charge in [0.1, 0.15) is 5.75 Å². The lowest BCUT2D eigenvalue weighted by Crippen LogP contribution is -2.25. The van der Waals surface area contributed by atoms with Gasteiger partial charge in [0.2, 0.25) is 5.91 Å². The molecule has 1 aliphatic rings. The lowest BCUT2D eigenvalue weighted by Gasteiger charge is -2.06. The Morgan fingerprint density at radius 3 is 2.46 bits per heavy atom. The number of carbonyl (C=O) groups is 1. The van der Waals surface area contributed by atoms with Crippen LogP contribution in [0.5, 0.6) is 5.75 Å². The Bertz CT molecular complexity index is 814. The van der Waals surface area contributed by atoms with Gasteiger partial charge in [-0.05, 0) is 53.8 Å². The summed E-state index contributed by atoms with van der Waals surface area (Å²) in [6.45, 7) is 2.13. The Morgan fingerprint density at radius 2 is 1.81 bits per heavy atom. The fourth-order valence-electron chi connectivity index (χ4n) is 2.55. The number of hydrogen-bond acceptors (Lipinski definition) is 5. The van der Waals surface area contributed by atoms with Crippen molar-refractivity contribution < 1.29 is 9.53 Å². The van der Waals surface area contributed by atoms with E-state index in [-0.39, 0.29) is 11.2 Å². The van der Waals surface area contributed by atoms with E-state index in [0.29, 0.717) is 11.6 Å². The minimum atomic E-state index is -0.169. The average molecular weight is 367 g/mol. The first-order valence-corrected chi connectivity index (χ1v) is 9.36. The topological polar surface area (TPSA) is 63.1 Å². The first-order valence-electron chi connectivity index (χ1n) is 8.48. The number of benzene rings is 2. The largest absolute Gasteiger partial charge is 0.497 e. The molecule has 0 radical (unpaired) electrons. The highest BCUT2D eigenvalue weighted by Gasteiger charge is 2.30. The van der Waals surface area contributed by atoms with Crippen LogP contribution in [0.2, 0.25) is 0 Å². The quantitative estimate of drug-likeness (QED) is 0.628. The fraction of sp³-hybridized carbons (Fsp3) is 0.250. The second-order valence-corrected chi connectivity index (χ2v) is 7.08. The van der Waals surface area contributed by atoms with Crippen molar-refractivity contribution in [3.8, 4) is 5.75 Å². The van der Waals surface area contributed by atoms with Crippen LogP contribution in [0.1, 0.15) is 23.6 Å². The number of nitrogens with zero attached hydrogens (tertiary/aromatic N) is 2. The van der Waals surface area contributed by atoms with Crippen LogP contribution in [0.3, 0.4) is 0 Å². The molecule has 0 aliphatic carbocycles. The number of aryl methyl sites for hydroxylation is 1. The van der Waals surface area contributed by atoms with Crippen molar-refractivity contribution in [1.82, 2.24) is 5.32 Å². The van der Waals surface area contributed by atoms with Gasteiger partial charge < -0.3 is 10.1 Å². The standard InChI is InChI=1S/C20H21N3O2S/c1-3-14-4-6-15(7-5-14)12-18-19(24)22-20(26-18)23-21-13-16-8-10-17(25-2)11-9-16/h4-11,13,18H,3,12H2,1-2H3,(H,22,23,24)/b21-13-/t18-/m0/s1. The van der Waals surface area contributed by atoms with Gasteiger partial charge in [0.05, 0.1) is 18.6 Å². The van der Waals surface area contributed by atoms with Crippen LogP contribution in [-0.4, -0.2) is 29.6 Å². The molecule has 0 bridgehead atoms. The lowest BCUT2D eigenvalue weighted by atomic mass is 10.1. The molecule has 5 nitrogen and oxygen atoms in total. The first kappa shape index (κ1) is 18.2. The number of hydrogen-bond donors (Lipinski definition) is 1. The summed E-state index contributed by atoms with van der Waals surface area (Å²) in [5.41, 5.74) is 3.36. The van der Waals surface area contributed by atoms with Crippen LogP contribution in [0.15, 0.2) is 58.7 Å². The minimum absolute atomic E-state index is 0.0204. The number of thioether (sulfide) groups is 1. The Morgan fingerprint density at radius 1 is 1.12 bits per heavy atom. The highest BCUT2D eigenvalue weighted by Crippen LogP contribution is 2.23. The number of methoxy groups -OCH3 is 1. The number of ether oxygens (including phenoxy) is 1. The van der Waals surface area contributed by atoms with E-state index in [1.165, 1.54) is 17.3 Å². The van der Waals surface area contributed by atoms with Gasteiger partial charge in [-0.1, -0.05) is 43.0 Å². The summed E-state index contributed by atoms with van der Waals surface area (Å²) in [5, 5.41) is 11.3. The summed E-state index contributed by atoms with van der Waals surface area (Å²) in [5.74, 6) is 0.773. The van der Waals surface area contributed by atoms with Gasteiger partial charge in [-0.3, -0.25) is 4.79 Å². The third kappa shape index (κ3) is 4.73. The third-order valence-electron chi connectivity index (χ3n) is 4.10. The van der Waals surface area contributed by atoms with Gasteiger partial charge in [0, 0.05) is 0 Å². The number of rotatable bonds is 6. The van der Waals surface area contributed by atoms with Crippen LogP contribution in [0.4, 0.5) is 0 Å². The lowest BCUT2D eigenvalue weighted by molar-refractivity contribution is -0.118. The highest BCUT2D eigenvalue weighted by molar-refractivity contribution is 8.15. The zero-order chi connectivity index (χ0) is 18.4. The van der Waals surface area contributed by atoms with E-state index in [2.05, 4.69) is 46.7 Å². The van der Waals surface area contributed by atoms with Crippen molar-refractivity contribution in [3.05, 3.63) is 65.2 Å². The molecule has 1 N–H and O–H groups in total. The predicted octanol–water partition coefficient (Wildman–Crippen LogP) is 3.42. The molecule has 0 aromatic heterocycles. The van der Waals surface area contributed by atoms with Gasteiger partial charge >= 0.3 is 0 Å². The normalized spacial score (nSPS) is 18.5. The highest BCUT2D eigenvalue weighted by atomic mass is 32.2. The SMILES string of the molecule is CCc1ccc(C[C@@H]2S/C(=N/N=C\c3ccc(OC)cc3)NC2=O)cc1. The summed E-state index contributed by atoms with van der Waals surface area (Å²) in [6, 6.07) is 15.9. The van der Waals surface area contributed by atoms with Crippen LogP contribution >= 0.6 is 11.8 Å². The molecule has 2 aromatic carbocycles. The van der Waals surface area contributed by atoms with Crippen molar-refractivity contribution in [2.24, 2.45) is 10.2 Å². The third-order valence-corrected chi connectivity index (χ3v) is 5.17. The van der Waals surface area contributed by atoms with Gasteiger partial charge in [0.25, 0.3) is 0 Å².